The predicted octanol–water partition coefficient (Wildman–Crippen LogP) is 1.40. The summed E-state index contributed by atoms with van der Waals surface area (Å²) in [7, 11) is -0.870. The Hall–Kier alpha value is -0.880. The Morgan fingerprint density at radius 1 is 1.52 bits per heavy atom. The molecule has 0 amide bonds. The van der Waals surface area contributed by atoms with Gasteiger partial charge in [-0.2, -0.15) is 5.10 Å². The molecule has 1 saturated heterocycles. The lowest BCUT2D eigenvalue weighted by Crippen LogP contribution is -2.30. The van der Waals surface area contributed by atoms with Gasteiger partial charge in [0.1, 0.15) is 0 Å². The highest BCUT2D eigenvalue weighted by Crippen LogP contribution is 2.28. The van der Waals surface area contributed by atoms with Crippen LogP contribution in [0.25, 0.3) is 0 Å². The number of rotatable bonds is 8. The van der Waals surface area contributed by atoms with Gasteiger partial charge in [-0.1, -0.05) is 6.92 Å². The molecule has 0 aromatic carbocycles. The molecule has 1 aromatic rings. The second-order valence-electron chi connectivity index (χ2n) is 6.19. The minimum atomic E-state index is -2.79. The number of sulfone groups is 1. The lowest BCUT2D eigenvalue weighted by Gasteiger charge is -2.23. The van der Waals surface area contributed by atoms with Gasteiger partial charge in [-0.15, -0.1) is 0 Å². The maximum atomic E-state index is 11.7. The summed E-state index contributed by atoms with van der Waals surface area (Å²) in [6, 6.07) is 0. The van der Waals surface area contributed by atoms with Gasteiger partial charge in [-0.25, -0.2) is 8.42 Å². The number of nitrogens with one attached hydrogen (secondary N) is 1. The molecule has 21 heavy (non-hydrogen) atoms. The fourth-order valence-electron chi connectivity index (χ4n) is 3.12. The van der Waals surface area contributed by atoms with E-state index in [0.717, 1.165) is 38.8 Å². The first-order valence-corrected chi connectivity index (χ1v) is 9.71. The van der Waals surface area contributed by atoms with Crippen LogP contribution in [0.5, 0.6) is 0 Å². The normalized spacial score (nSPS) is 22.5. The van der Waals surface area contributed by atoms with E-state index in [9.17, 15) is 8.42 Å². The molecule has 0 bridgehead atoms. The number of hydrogen-bond acceptors (Lipinski definition) is 4. The lowest BCUT2D eigenvalue weighted by molar-refractivity contribution is 0.326. The first-order valence-electron chi connectivity index (χ1n) is 7.89. The van der Waals surface area contributed by atoms with Crippen LogP contribution in [0.1, 0.15) is 31.7 Å². The fourth-order valence-corrected chi connectivity index (χ4v) is 5.04. The van der Waals surface area contributed by atoms with Crippen molar-refractivity contribution in [3.8, 4) is 0 Å². The van der Waals surface area contributed by atoms with Gasteiger partial charge >= 0.3 is 0 Å². The van der Waals surface area contributed by atoms with Gasteiger partial charge in [0.05, 0.1) is 17.7 Å². The summed E-state index contributed by atoms with van der Waals surface area (Å²) in [5.74, 6) is 1.50. The molecular weight excluding hydrogens is 286 g/mol. The first-order chi connectivity index (χ1) is 10.00. The smallest absolute Gasteiger partial charge is 0.150 e. The Kier molecular flexibility index (Phi) is 5.81. The highest BCUT2D eigenvalue weighted by Gasteiger charge is 2.33. The van der Waals surface area contributed by atoms with Crippen molar-refractivity contribution in [1.82, 2.24) is 15.1 Å². The number of nitrogens with zero attached hydrogens (tertiary/aromatic N) is 2. The van der Waals surface area contributed by atoms with Gasteiger partial charge in [0.15, 0.2) is 9.84 Å². The Balaban J connectivity index is 1.91. The molecule has 2 unspecified atom stereocenters. The molecule has 2 heterocycles. The van der Waals surface area contributed by atoms with Crippen molar-refractivity contribution in [2.24, 2.45) is 18.9 Å². The fraction of sp³-hybridized carbons (Fsp3) is 0.800. The third kappa shape index (κ3) is 5.11. The van der Waals surface area contributed by atoms with Crippen LogP contribution < -0.4 is 5.32 Å². The highest BCUT2D eigenvalue weighted by atomic mass is 32.2. The van der Waals surface area contributed by atoms with E-state index in [-0.39, 0.29) is 0 Å². The van der Waals surface area contributed by atoms with Crippen LogP contribution in [0.3, 0.4) is 0 Å². The van der Waals surface area contributed by atoms with E-state index in [1.54, 1.807) is 0 Å². The van der Waals surface area contributed by atoms with Crippen molar-refractivity contribution in [3.63, 3.8) is 0 Å². The van der Waals surface area contributed by atoms with E-state index < -0.39 is 9.84 Å². The molecule has 5 nitrogen and oxygen atoms in total. The summed E-state index contributed by atoms with van der Waals surface area (Å²) in [6.45, 7) is 4.08. The SMILES string of the molecule is CCCNCC(CCc1cnn(C)c1)C1CCS(=O)(=O)C1. The Bertz CT molecular complexity index is 539. The van der Waals surface area contributed by atoms with E-state index in [0.29, 0.717) is 23.3 Å². The van der Waals surface area contributed by atoms with Crippen molar-refractivity contribution >= 4 is 9.84 Å². The third-order valence-corrected chi connectivity index (χ3v) is 6.12. The Morgan fingerprint density at radius 2 is 2.33 bits per heavy atom. The van der Waals surface area contributed by atoms with Gasteiger partial charge in [0.2, 0.25) is 0 Å². The van der Waals surface area contributed by atoms with Crippen LogP contribution in [0.2, 0.25) is 0 Å². The average molecular weight is 313 g/mol. The first kappa shape index (κ1) is 16.5. The molecule has 2 rings (SSSR count). The van der Waals surface area contributed by atoms with Crippen molar-refractivity contribution in [2.45, 2.75) is 32.6 Å². The summed E-state index contributed by atoms with van der Waals surface area (Å²) >= 11 is 0. The molecule has 0 saturated carbocycles. The van der Waals surface area contributed by atoms with Crippen molar-refractivity contribution < 1.29 is 8.42 Å². The molecule has 0 radical (unpaired) electrons. The zero-order valence-electron chi connectivity index (χ0n) is 13.1. The molecule has 120 valence electrons. The summed E-state index contributed by atoms with van der Waals surface area (Å²) in [5.41, 5.74) is 1.24. The minimum absolute atomic E-state index is 0.316. The predicted molar refractivity (Wildman–Crippen MR) is 84.9 cm³/mol. The van der Waals surface area contributed by atoms with Crippen LogP contribution in [0, 0.1) is 11.8 Å². The molecule has 1 fully saturated rings. The second kappa shape index (κ2) is 7.40. The zero-order valence-corrected chi connectivity index (χ0v) is 13.9. The molecule has 6 heteroatoms. The largest absolute Gasteiger partial charge is 0.316 e. The third-order valence-electron chi connectivity index (χ3n) is 4.33. The average Bonchev–Trinajstić information content (AvgIpc) is 2.99. The zero-order chi connectivity index (χ0) is 15.3. The van der Waals surface area contributed by atoms with Crippen molar-refractivity contribution in [3.05, 3.63) is 18.0 Å². The van der Waals surface area contributed by atoms with Gasteiger partial charge in [-0.3, -0.25) is 4.68 Å². The molecular formula is C15H27N3O2S. The van der Waals surface area contributed by atoms with Gasteiger partial charge in [0.25, 0.3) is 0 Å². The summed E-state index contributed by atoms with van der Waals surface area (Å²) in [5, 5.41) is 7.66. The Labute approximate surface area is 128 Å². The summed E-state index contributed by atoms with van der Waals surface area (Å²) in [4.78, 5) is 0. The summed E-state index contributed by atoms with van der Waals surface area (Å²) in [6.07, 6.45) is 7.89. The number of hydrogen-bond donors (Lipinski definition) is 1. The molecule has 1 aliphatic rings. The van der Waals surface area contributed by atoms with E-state index in [1.165, 1.54) is 5.56 Å². The maximum absolute atomic E-state index is 11.7. The van der Waals surface area contributed by atoms with Crippen molar-refractivity contribution in [2.75, 3.05) is 24.6 Å². The van der Waals surface area contributed by atoms with Crippen LogP contribution in [0.4, 0.5) is 0 Å². The van der Waals surface area contributed by atoms with Crippen LogP contribution in [-0.4, -0.2) is 42.8 Å². The van der Waals surface area contributed by atoms with Crippen LogP contribution in [0.15, 0.2) is 12.4 Å². The highest BCUT2D eigenvalue weighted by molar-refractivity contribution is 7.91. The summed E-state index contributed by atoms with van der Waals surface area (Å²) < 4.78 is 25.3. The molecule has 0 spiro atoms. The minimum Gasteiger partial charge on any atom is -0.316 e. The molecule has 1 aliphatic heterocycles. The Morgan fingerprint density at radius 3 is 2.90 bits per heavy atom. The van der Waals surface area contributed by atoms with Crippen LogP contribution in [-0.2, 0) is 23.3 Å². The molecule has 0 aliphatic carbocycles. The van der Waals surface area contributed by atoms with E-state index in [1.807, 2.05) is 24.1 Å². The monoisotopic (exact) mass is 313 g/mol. The van der Waals surface area contributed by atoms with E-state index in [4.69, 9.17) is 0 Å². The maximum Gasteiger partial charge on any atom is 0.150 e. The van der Waals surface area contributed by atoms with Gasteiger partial charge in [-0.05, 0) is 56.2 Å². The van der Waals surface area contributed by atoms with Crippen molar-refractivity contribution in [1.29, 1.82) is 0 Å². The van der Waals surface area contributed by atoms with Gasteiger partial charge < -0.3 is 5.32 Å². The number of aromatic nitrogens is 2. The second-order valence-corrected chi connectivity index (χ2v) is 8.42. The molecule has 2 atom stereocenters. The lowest BCUT2D eigenvalue weighted by atomic mass is 9.87. The quantitative estimate of drug-likeness (QED) is 0.737. The molecule has 1 aromatic heterocycles. The number of aryl methyl sites for hydroxylation is 2. The topological polar surface area (TPSA) is 64.0 Å². The van der Waals surface area contributed by atoms with Gasteiger partial charge in [0, 0.05) is 13.2 Å². The van der Waals surface area contributed by atoms with E-state index in [2.05, 4.69) is 17.3 Å². The molecule has 1 N–H and O–H groups in total. The standard InChI is InChI=1S/C15H27N3O2S/c1-3-7-16-10-14(15-6-8-21(19,20)12-15)5-4-13-9-17-18(2)11-13/h9,11,14-16H,3-8,10,12H2,1-2H3. The van der Waals surface area contributed by atoms with Crippen LogP contribution >= 0.6 is 0 Å². The van der Waals surface area contributed by atoms with E-state index >= 15 is 0 Å².